The third kappa shape index (κ3) is 6.29. The summed E-state index contributed by atoms with van der Waals surface area (Å²) in [4.78, 5) is 38.3. The third-order valence-corrected chi connectivity index (χ3v) is 5.34. The van der Waals surface area contributed by atoms with Crippen molar-refractivity contribution in [1.29, 1.82) is 0 Å². The van der Waals surface area contributed by atoms with Gasteiger partial charge < -0.3 is 24.8 Å². The molecule has 0 spiro atoms. The molecule has 0 aliphatic carbocycles. The van der Waals surface area contributed by atoms with Gasteiger partial charge in [-0.25, -0.2) is 4.79 Å². The zero-order chi connectivity index (χ0) is 25.3. The summed E-state index contributed by atoms with van der Waals surface area (Å²) in [6.07, 6.45) is 2.25. The normalized spacial score (nSPS) is 13.2. The van der Waals surface area contributed by atoms with Crippen LogP contribution in [0.3, 0.4) is 0 Å². The smallest absolute Gasteiger partial charge is 0.340 e. The zero-order valence-corrected chi connectivity index (χ0v) is 19.7. The number of para-hydroxylation sites is 3. The molecular formula is C28H26N2O6. The molecule has 0 radical (unpaired) electrons. The summed E-state index contributed by atoms with van der Waals surface area (Å²) in [6, 6.07) is 22.2. The van der Waals surface area contributed by atoms with E-state index in [1.54, 1.807) is 43.3 Å². The monoisotopic (exact) mass is 486 g/mol. The highest BCUT2D eigenvalue weighted by molar-refractivity contribution is 6.04. The summed E-state index contributed by atoms with van der Waals surface area (Å²) in [5, 5.41) is 5.50. The SMILES string of the molecule is CCOC(=O)c1ccccc1NC(=O)[C@H](Cc1ccccc1)NC(=O)/C=C/C1Oc2ccccc2O1. The standard InChI is InChI=1S/C28H26N2O6/c1-2-34-28(33)20-12-6-7-13-21(20)30-27(32)22(18-19-10-4-3-5-11-19)29-25(31)16-17-26-35-23-14-8-9-15-24(23)36-26/h3-17,22,26H,2,18H2,1H3,(H,29,31)(H,30,32)/b17-16+/t22-/m0/s1. The van der Waals surface area contributed by atoms with Gasteiger partial charge in [-0.1, -0.05) is 54.6 Å². The molecule has 0 saturated heterocycles. The average Bonchev–Trinajstić information content (AvgIpc) is 3.31. The molecule has 8 heteroatoms. The minimum Gasteiger partial charge on any atom is -0.462 e. The van der Waals surface area contributed by atoms with Gasteiger partial charge >= 0.3 is 5.97 Å². The lowest BCUT2D eigenvalue weighted by atomic mass is 10.0. The van der Waals surface area contributed by atoms with Gasteiger partial charge in [-0.05, 0) is 36.8 Å². The van der Waals surface area contributed by atoms with Gasteiger partial charge in [-0.15, -0.1) is 0 Å². The molecule has 3 aromatic rings. The van der Waals surface area contributed by atoms with E-state index in [0.717, 1.165) is 5.56 Å². The molecule has 0 aromatic heterocycles. The Hall–Kier alpha value is -4.59. The quantitative estimate of drug-likeness (QED) is 0.352. The van der Waals surface area contributed by atoms with Crippen molar-refractivity contribution in [3.8, 4) is 11.5 Å². The maximum absolute atomic E-state index is 13.2. The summed E-state index contributed by atoms with van der Waals surface area (Å²) in [7, 11) is 0. The van der Waals surface area contributed by atoms with Gasteiger partial charge in [-0.2, -0.15) is 0 Å². The van der Waals surface area contributed by atoms with Gasteiger partial charge in [0.05, 0.1) is 17.9 Å². The van der Waals surface area contributed by atoms with E-state index >= 15 is 0 Å². The molecule has 2 N–H and O–H groups in total. The van der Waals surface area contributed by atoms with Crippen molar-refractivity contribution in [2.45, 2.75) is 25.7 Å². The summed E-state index contributed by atoms with van der Waals surface area (Å²) >= 11 is 0. The molecule has 1 aliphatic heterocycles. The number of fused-ring (bicyclic) bond motifs is 1. The predicted molar refractivity (Wildman–Crippen MR) is 134 cm³/mol. The van der Waals surface area contributed by atoms with Gasteiger partial charge in [0.15, 0.2) is 11.5 Å². The van der Waals surface area contributed by atoms with E-state index in [-0.39, 0.29) is 18.6 Å². The van der Waals surface area contributed by atoms with Crippen molar-refractivity contribution in [2.75, 3.05) is 11.9 Å². The van der Waals surface area contributed by atoms with E-state index in [9.17, 15) is 14.4 Å². The molecule has 4 rings (SSSR count). The number of carbonyl (C=O) groups is 3. The van der Waals surface area contributed by atoms with Crippen molar-refractivity contribution in [3.63, 3.8) is 0 Å². The highest BCUT2D eigenvalue weighted by atomic mass is 16.7. The van der Waals surface area contributed by atoms with Crippen molar-refractivity contribution in [3.05, 3.63) is 102 Å². The van der Waals surface area contributed by atoms with Crippen LogP contribution in [-0.2, 0) is 20.7 Å². The number of esters is 1. The number of amides is 2. The van der Waals surface area contributed by atoms with Crippen LogP contribution in [0.25, 0.3) is 0 Å². The minimum absolute atomic E-state index is 0.208. The fraction of sp³-hybridized carbons (Fsp3) is 0.179. The van der Waals surface area contributed by atoms with Crippen LogP contribution in [0.15, 0.2) is 91.0 Å². The van der Waals surface area contributed by atoms with Crippen LogP contribution >= 0.6 is 0 Å². The molecule has 0 fully saturated rings. The number of anilines is 1. The van der Waals surface area contributed by atoms with Gasteiger partial charge in [0.2, 0.25) is 11.8 Å². The molecule has 36 heavy (non-hydrogen) atoms. The van der Waals surface area contributed by atoms with Crippen LogP contribution in [0.4, 0.5) is 5.69 Å². The minimum atomic E-state index is -0.914. The van der Waals surface area contributed by atoms with E-state index < -0.39 is 30.1 Å². The Balaban J connectivity index is 1.46. The van der Waals surface area contributed by atoms with Crippen LogP contribution in [0.5, 0.6) is 11.5 Å². The largest absolute Gasteiger partial charge is 0.462 e. The molecule has 1 heterocycles. The number of hydrogen-bond donors (Lipinski definition) is 2. The van der Waals surface area contributed by atoms with E-state index in [4.69, 9.17) is 14.2 Å². The first kappa shape index (κ1) is 24.5. The maximum Gasteiger partial charge on any atom is 0.340 e. The number of nitrogens with one attached hydrogen (secondary N) is 2. The van der Waals surface area contributed by atoms with Gasteiger partial charge in [0.25, 0.3) is 6.29 Å². The summed E-state index contributed by atoms with van der Waals surface area (Å²) in [5.74, 6) is -0.327. The first-order valence-corrected chi connectivity index (χ1v) is 11.6. The highest BCUT2D eigenvalue weighted by Gasteiger charge is 2.24. The highest BCUT2D eigenvalue weighted by Crippen LogP contribution is 2.34. The predicted octanol–water partition coefficient (Wildman–Crippen LogP) is 3.88. The Labute approximate surface area is 208 Å². The molecule has 1 aliphatic rings. The van der Waals surface area contributed by atoms with Crippen molar-refractivity contribution in [2.24, 2.45) is 0 Å². The lowest BCUT2D eigenvalue weighted by molar-refractivity contribution is -0.123. The van der Waals surface area contributed by atoms with Crippen molar-refractivity contribution >= 4 is 23.5 Å². The van der Waals surface area contributed by atoms with Crippen LogP contribution in [0.2, 0.25) is 0 Å². The van der Waals surface area contributed by atoms with E-state index in [1.807, 2.05) is 42.5 Å². The second-order valence-corrected chi connectivity index (χ2v) is 7.92. The Bertz CT molecular complexity index is 1230. The summed E-state index contributed by atoms with van der Waals surface area (Å²) < 4.78 is 16.3. The molecule has 2 amide bonds. The zero-order valence-electron chi connectivity index (χ0n) is 19.7. The second kappa shape index (κ2) is 11.7. The number of benzene rings is 3. The molecule has 8 nitrogen and oxygen atoms in total. The second-order valence-electron chi connectivity index (χ2n) is 7.92. The molecule has 184 valence electrons. The van der Waals surface area contributed by atoms with E-state index in [1.165, 1.54) is 12.2 Å². The summed E-state index contributed by atoms with van der Waals surface area (Å²) in [5.41, 5.74) is 1.39. The number of ether oxygens (including phenoxy) is 3. The number of hydrogen-bond acceptors (Lipinski definition) is 6. The fourth-order valence-electron chi connectivity index (χ4n) is 3.64. The molecular weight excluding hydrogens is 460 g/mol. The topological polar surface area (TPSA) is 103 Å². The molecule has 0 saturated carbocycles. The fourth-order valence-corrected chi connectivity index (χ4v) is 3.64. The van der Waals surface area contributed by atoms with Crippen LogP contribution in [0.1, 0.15) is 22.8 Å². The molecule has 0 unspecified atom stereocenters. The van der Waals surface area contributed by atoms with Gasteiger partial charge in [0.1, 0.15) is 6.04 Å². The number of carbonyl (C=O) groups excluding carboxylic acids is 3. The first-order valence-electron chi connectivity index (χ1n) is 11.6. The van der Waals surface area contributed by atoms with Gasteiger partial charge in [0, 0.05) is 18.6 Å². The maximum atomic E-state index is 13.2. The van der Waals surface area contributed by atoms with Gasteiger partial charge in [-0.3, -0.25) is 9.59 Å². The van der Waals surface area contributed by atoms with Crippen LogP contribution in [-0.4, -0.2) is 36.7 Å². The van der Waals surface area contributed by atoms with E-state index in [0.29, 0.717) is 17.2 Å². The lowest BCUT2D eigenvalue weighted by Crippen LogP contribution is -2.45. The molecule has 0 bridgehead atoms. The number of rotatable bonds is 9. The Morgan fingerprint density at radius 1 is 0.917 bits per heavy atom. The average molecular weight is 487 g/mol. The first-order chi connectivity index (χ1) is 17.5. The van der Waals surface area contributed by atoms with E-state index in [2.05, 4.69) is 10.6 Å². The molecule has 3 aromatic carbocycles. The molecule has 1 atom stereocenters. The third-order valence-electron chi connectivity index (χ3n) is 5.34. The summed E-state index contributed by atoms with van der Waals surface area (Å²) in [6.45, 7) is 1.91. The van der Waals surface area contributed by atoms with Crippen LogP contribution in [0, 0.1) is 0 Å². The van der Waals surface area contributed by atoms with Crippen LogP contribution < -0.4 is 20.1 Å². The van der Waals surface area contributed by atoms with Crippen molar-refractivity contribution < 1.29 is 28.6 Å². The Morgan fingerprint density at radius 3 is 2.25 bits per heavy atom. The Kier molecular flexibility index (Phi) is 7.97. The van der Waals surface area contributed by atoms with Crippen molar-refractivity contribution in [1.82, 2.24) is 5.32 Å². The Morgan fingerprint density at radius 2 is 1.56 bits per heavy atom. The lowest BCUT2D eigenvalue weighted by Gasteiger charge is -2.19.